The zero-order valence-corrected chi connectivity index (χ0v) is 22.8. The molecular formula is C24H45N11O5. The number of aliphatic imine (C=N–C) groups is 1. The van der Waals surface area contributed by atoms with Gasteiger partial charge in [-0.3, -0.25) is 19.4 Å². The molecule has 226 valence electrons. The molecule has 0 aliphatic heterocycles. The Kier molecular flexibility index (Phi) is 16.6. The number of nitrogens with one attached hydrogen (secondary N) is 4. The lowest BCUT2D eigenvalue weighted by atomic mass is 10.0. The second-order valence-electron chi connectivity index (χ2n) is 9.43. The number of carboxylic acids is 1. The van der Waals surface area contributed by atoms with Crippen LogP contribution in [0.25, 0.3) is 0 Å². The number of hydrogen-bond acceptors (Lipinski definition) is 9. The topological polar surface area (TPSA) is 296 Å². The number of hydrogen-bond donors (Lipinski definition) is 10. The van der Waals surface area contributed by atoms with Crippen molar-refractivity contribution in [3.05, 3.63) is 18.2 Å². The lowest BCUT2D eigenvalue weighted by Crippen LogP contribution is -2.57. The van der Waals surface area contributed by atoms with E-state index in [-0.39, 0.29) is 31.8 Å². The molecule has 0 spiro atoms. The third-order valence-corrected chi connectivity index (χ3v) is 6.06. The molecule has 1 aromatic heterocycles. The summed E-state index contributed by atoms with van der Waals surface area (Å²) in [5.74, 6) is -3.20. The molecule has 1 heterocycles. The van der Waals surface area contributed by atoms with Gasteiger partial charge in [0.1, 0.15) is 18.1 Å². The molecule has 15 N–H and O–H groups in total. The summed E-state index contributed by atoms with van der Waals surface area (Å²) < 4.78 is 0. The van der Waals surface area contributed by atoms with E-state index in [4.69, 9.17) is 28.7 Å². The zero-order chi connectivity index (χ0) is 29.9. The van der Waals surface area contributed by atoms with E-state index in [2.05, 4.69) is 30.9 Å². The summed E-state index contributed by atoms with van der Waals surface area (Å²) in [6.07, 6.45) is 6.49. The quantitative estimate of drug-likeness (QED) is 0.0409. The smallest absolute Gasteiger partial charge is 0.326 e. The van der Waals surface area contributed by atoms with Crippen LogP contribution in [-0.2, 0) is 25.6 Å². The minimum Gasteiger partial charge on any atom is -0.480 e. The Hall–Kier alpha value is -3.76. The number of carbonyl (C=O) groups is 4. The number of aliphatic carboxylic acids is 1. The molecule has 0 aliphatic rings. The molecule has 0 fully saturated rings. The van der Waals surface area contributed by atoms with Crippen LogP contribution in [0, 0.1) is 0 Å². The van der Waals surface area contributed by atoms with E-state index in [1.165, 1.54) is 12.5 Å². The lowest BCUT2D eigenvalue weighted by molar-refractivity contribution is -0.142. The van der Waals surface area contributed by atoms with Crippen LogP contribution in [-0.4, -0.2) is 88.5 Å². The maximum atomic E-state index is 13.3. The average Bonchev–Trinajstić information content (AvgIpc) is 3.42. The highest BCUT2D eigenvalue weighted by Crippen LogP contribution is 2.07. The van der Waals surface area contributed by atoms with Gasteiger partial charge in [-0.2, -0.15) is 0 Å². The van der Waals surface area contributed by atoms with E-state index in [1.54, 1.807) is 0 Å². The van der Waals surface area contributed by atoms with Gasteiger partial charge in [-0.05, 0) is 58.0 Å². The van der Waals surface area contributed by atoms with E-state index in [0.717, 1.165) is 6.42 Å². The number of amides is 3. The van der Waals surface area contributed by atoms with Crippen molar-refractivity contribution in [3.8, 4) is 0 Å². The maximum absolute atomic E-state index is 13.3. The van der Waals surface area contributed by atoms with Crippen LogP contribution in [0.3, 0.4) is 0 Å². The molecule has 3 amide bonds. The van der Waals surface area contributed by atoms with Gasteiger partial charge >= 0.3 is 5.97 Å². The van der Waals surface area contributed by atoms with Crippen LogP contribution in [0.15, 0.2) is 17.5 Å². The monoisotopic (exact) mass is 567 g/mol. The maximum Gasteiger partial charge on any atom is 0.326 e. The van der Waals surface area contributed by atoms with Gasteiger partial charge in [0.05, 0.1) is 12.4 Å². The molecule has 0 saturated carbocycles. The summed E-state index contributed by atoms with van der Waals surface area (Å²) in [6, 6.07) is -4.21. The van der Waals surface area contributed by atoms with E-state index < -0.39 is 47.9 Å². The molecular weight excluding hydrogens is 522 g/mol. The first-order valence-electron chi connectivity index (χ1n) is 13.4. The van der Waals surface area contributed by atoms with Gasteiger partial charge in [-0.15, -0.1) is 0 Å². The number of aromatic amines is 1. The van der Waals surface area contributed by atoms with Crippen LogP contribution < -0.4 is 44.6 Å². The predicted octanol–water partition coefficient (Wildman–Crippen LogP) is -2.87. The van der Waals surface area contributed by atoms with Gasteiger partial charge in [0.25, 0.3) is 0 Å². The normalized spacial score (nSPS) is 13.9. The Labute approximate surface area is 233 Å². The average molecular weight is 568 g/mol. The van der Waals surface area contributed by atoms with Crippen molar-refractivity contribution in [1.29, 1.82) is 0 Å². The number of H-pyrrole nitrogens is 1. The first kappa shape index (κ1) is 34.3. The molecule has 16 nitrogen and oxygen atoms in total. The van der Waals surface area contributed by atoms with Crippen LogP contribution >= 0.6 is 0 Å². The molecule has 0 aromatic carbocycles. The molecule has 0 aliphatic carbocycles. The highest BCUT2D eigenvalue weighted by Gasteiger charge is 2.30. The molecule has 16 heteroatoms. The minimum atomic E-state index is -1.25. The summed E-state index contributed by atoms with van der Waals surface area (Å²) in [6.45, 7) is 1.08. The standard InChI is InChI=1S/C24H45N11O5/c25-9-3-1-6-16(27)20(36)33-17(7-2-4-10-26)21(37)35-19(12-15-13-30-14-32-15)22(38)34-18(23(39)40)8-5-11-31-24(28)29/h13-14,16-19H,1-12,25-27H2,(H,30,32)(H,33,36)(H,34,38)(H,35,37)(H,39,40)(H4,28,29,31). The summed E-state index contributed by atoms with van der Waals surface area (Å²) in [5, 5.41) is 17.4. The molecule has 1 aromatic rings. The van der Waals surface area contributed by atoms with Crippen LogP contribution in [0.2, 0.25) is 0 Å². The van der Waals surface area contributed by atoms with Crippen LogP contribution in [0.4, 0.5) is 0 Å². The number of guanidine groups is 1. The highest BCUT2D eigenvalue weighted by atomic mass is 16.4. The molecule has 0 bridgehead atoms. The van der Waals surface area contributed by atoms with Crippen molar-refractivity contribution in [2.45, 2.75) is 82.0 Å². The number of aromatic nitrogens is 2. The Morgan fingerprint density at radius 3 is 2.00 bits per heavy atom. The van der Waals surface area contributed by atoms with Crippen LogP contribution in [0.1, 0.15) is 57.1 Å². The van der Waals surface area contributed by atoms with E-state index in [9.17, 15) is 24.3 Å². The third-order valence-electron chi connectivity index (χ3n) is 6.06. The Bertz CT molecular complexity index is 938. The number of nitrogens with two attached hydrogens (primary N) is 5. The van der Waals surface area contributed by atoms with E-state index >= 15 is 0 Å². The SMILES string of the molecule is NCCCCC(N)C(=O)NC(CCCCN)C(=O)NC(Cc1cnc[nH]1)C(=O)NC(CCCN=C(N)N)C(=O)O. The van der Waals surface area contributed by atoms with Crippen molar-refractivity contribution < 1.29 is 24.3 Å². The van der Waals surface area contributed by atoms with Crippen molar-refractivity contribution in [2.75, 3.05) is 19.6 Å². The van der Waals surface area contributed by atoms with Gasteiger partial charge in [-0.1, -0.05) is 6.42 Å². The number of carbonyl (C=O) groups excluding carboxylic acids is 3. The third kappa shape index (κ3) is 13.9. The molecule has 0 radical (unpaired) electrons. The predicted molar refractivity (Wildman–Crippen MR) is 149 cm³/mol. The van der Waals surface area contributed by atoms with Gasteiger partial charge in [0.2, 0.25) is 17.7 Å². The fourth-order valence-corrected chi connectivity index (χ4v) is 3.81. The highest BCUT2D eigenvalue weighted by molar-refractivity contribution is 5.94. The zero-order valence-electron chi connectivity index (χ0n) is 22.8. The first-order valence-corrected chi connectivity index (χ1v) is 13.4. The van der Waals surface area contributed by atoms with Gasteiger partial charge < -0.3 is 54.7 Å². The molecule has 0 saturated heterocycles. The van der Waals surface area contributed by atoms with E-state index in [1.807, 2.05) is 0 Å². The molecule has 4 atom stereocenters. The van der Waals surface area contributed by atoms with Crippen molar-refractivity contribution in [1.82, 2.24) is 25.9 Å². The second kappa shape index (κ2) is 19.3. The second-order valence-corrected chi connectivity index (χ2v) is 9.43. The minimum absolute atomic E-state index is 0.0000180. The summed E-state index contributed by atoms with van der Waals surface area (Å²) in [5.41, 5.74) is 28.2. The molecule has 40 heavy (non-hydrogen) atoms. The van der Waals surface area contributed by atoms with Crippen LogP contribution in [0.5, 0.6) is 0 Å². The first-order chi connectivity index (χ1) is 19.1. The van der Waals surface area contributed by atoms with Gasteiger partial charge in [0.15, 0.2) is 5.96 Å². The Morgan fingerprint density at radius 1 is 0.850 bits per heavy atom. The van der Waals surface area contributed by atoms with Crippen molar-refractivity contribution >= 4 is 29.7 Å². The lowest BCUT2D eigenvalue weighted by Gasteiger charge is -2.25. The summed E-state index contributed by atoms with van der Waals surface area (Å²) in [7, 11) is 0. The van der Waals surface area contributed by atoms with Crippen molar-refractivity contribution in [2.24, 2.45) is 33.7 Å². The number of imidazole rings is 1. The number of unbranched alkanes of at least 4 members (excludes halogenated alkanes) is 2. The number of rotatable bonds is 21. The Balaban J connectivity index is 3.00. The van der Waals surface area contributed by atoms with Gasteiger partial charge in [0, 0.05) is 24.9 Å². The molecule has 1 rings (SSSR count). The van der Waals surface area contributed by atoms with Crippen molar-refractivity contribution in [3.63, 3.8) is 0 Å². The number of nitrogens with zero attached hydrogens (tertiary/aromatic N) is 2. The molecule has 4 unspecified atom stereocenters. The van der Waals surface area contributed by atoms with Gasteiger partial charge in [-0.25, -0.2) is 9.78 Å². The summed E-state index contributed by atoms with van der Waals surface area (Å²) in [4.78, 5) is 61.6. The largest absolute Gasteiger partial charge is 0.480 e. The Morgan fingerprint density at radius 2 is 1.43 bits per heavy atom. The fraction of sp³-hybridized carbons (Fsp3) is 0.667. The number of carboxylic acid groups (broad SMARTS) is 1. The summed E-state index contributed by atoms with van der Waals surface area (Å²) >= 11 is 0. The van der Waals surface area contributed by atoms with E-state index in [0.29, 0.717) is 50.9 Å². The fourth-order valence-electron chi connectivity index (χ4n) is 3.81.